The molecule has 5 nitrogen and oxygen atoms in total. The number of amides is 1. The number of hydrogen-bond acceptors (Lipinski definition) is 4. The molecule has 132 valence electrons. The summed E-state index contributed by atoms with van der Waals surface area (Å²) in [7, 11) is 0. The van der Waals surface area contributed by atoms with Crippen molar-refractivity contribution in [3.63, 3.8) is 0 Å². The molecular weight excluding hydrogens is 371 g/mol. The summed E-state index contributed by atoms with van der Waals surface area (Å²) in [5.41, 5.74) is 2.16. The molecule has 0 fully saturated rings. The van der Waals surface area contributed by atoms with Crippen molar-refractivity contribution >= 4 is 35.1 Å². The predicted molar refractivity (Wildman–Crippen MR) is 103 cm³/mol. The molecule has 0 spiro atoms. The van der Waals surface area contributed by atoms with E-state index in [1.807, 2.05) is 42.5 Å². The van der Waals surface area contributed by atoms with Gasteiger partial charge in [-0.2, -0.15) is 0 Å². The Bertz CT molecular complexity index is 900. The highest BCUT2D eigenvalue weighted by atomic mass is 35.5. The van der Waals surface area contributed by atoms with Crippen molar-refractivity contribution in [2.24, 2.45) is 0 Å². The van der Waals surface area contributed by atoms with Crippen LogP contribution in [0.3, 0.4) is 0 Å². The van der Waals surface area contributed by atoms with E-state index in [2.05, 4.69) is 20.6 Å². The van der Waals surface area contributed by atoms with Crippen LogP contribution in [0.4, 0.5) is 5.95 Å². The molecule has 1 heterocycles. The smallest absolute Gasteiger partial charge is 0.270 e. The Hall–Kier alpha value is -2.63. The van der Waals surface area contributed by atoms with Crippen LogP contribution in [0.2, 0.25) is 10.0 Å². The number of rotatable bonds is 6. The number of nitrogens with one attached hydrogen (secondary N) is 2. The van der Waals surface area contributed by atoms with E-state index in [1.165, 1.54) is 0 Å². The third-order valence-corrected chi connectivity index (χ3v) is 4.27. The first kappa shape index (κ1) is 18.2. The molecule has 1 aromatic heterocycles. The first-order chi connectivity index (χ1) is 12.6. The molecule has 0 bridgehead atoms. The summed E-state index contributed by atoms with van der Waals surface area (Å²) < 4.78 is 0. The average molecular weight is 387 g/mol. The molecule has 3 rings (SSSR count). The molecule has 0 radical (unpaired) electrons. The fourth-order valence-electron chi connectivity index (χ4n) is 2.26. The van der Waals surface area contributed by atoms with Gasteiger partial charge in [0.1, 0.15) is 5.69 Å². The van der Waals surface area contributed by atoms with Gasteiger partial charge in [-0.15, -0.1) is 0 Å². The third-order valence-electron chi connectivity index (χ3n) is 3.65. The Labute approximate surface area is 161 Å². The first-order valence-electron chi connectivity index (χ1n) is 7.95. The van der Waals surface area contributed by atoms with Gasteiger partial charge in [0.2, 0.25) is 5.95 Å². The van der Waals surface area contributed by atoms with Gasteiger partial charge in [-0.25, -0.2) is 9.97 Å². The molecule has 7 heteroatoms. The van der Waals surface area contributed by atoms with Gasteiger partial charge in [-0.05, 0) is 35.4 Å². The van der Waals surface area contributed by atoms with E-state index < -0.39 is 0 Å². The number of aromatic nitrogens is 2. The number of anilines is 1. The van der Waals surface area contributed by atoms with Gasteiger partial charge in [-0.1, -0.05) is 53.5 Å². The van der Waals surface area contributed by atoms with Crippen LogP contribution in [0.15, 0.2) is 60.8 Å². The Morgan fingerprint density at radius 1 is 0.962 bits per heavy atom. The largest absolute Gasteiger partial charge is 0.350 e. The monoisotopic (exact) mass is 386 g/mol. The van der Waals surface area contributed by atoms with Crippen LogP contribution in [0.5, 0.6) is 0 Å². The number of nitrogens with zero attached hydrogens (tertiary/aromatic N) is 2. The summed E-state index contributed by atoms with van der Waals surface area (Å²) in [6, 6.07) is 16.4. The van der Waals surface area contributed by atoms with E-state index in [1.54, 1.807) is 18.3 Å². The number of carbonyl (C=O) groups excluding carboxylic acids is 1. The first-order valence-corrected chi connectivity index (χ1v) is 8.70. The number of benzene rings is 2. The zero-order valence-corrected chi connectivity index (χ0v) is 15.3. The summed E-state index contributed by atoms with van der Waals surface area (Å²) >= 11 is 12.0. The number of carbonyl (C=O) groups is 1. The maximum atomic E-state index is 12.3. The summed E-state index contributed by atoms with van der Waals surface area (Å²) in [5, 5.41) is 7.19. The van der Waals surface area contributed by atoms with Gasteiger partial charge >= 0.3 is 0 Å². The van der Waals surface area contributed by atoms with Crippen LogP contribution in [-0.2, 0) is 13.1 Å². The van der Waals surface area contributed by atoms with Crippen molar-refractivity contribution in [1.82, 2.24) is 15.3 Å². The van der Waals surface area contributed by atoms with E-state index in [0.29, 0.717) is 29.1 Å². The van der Waals surface area contributed by atoms with Gasteiger partial charge < -0.3 is 10.6 Å². The lowest BCUT2D eigenvalue weighted by Gasteiger charge is -2.08. The van der Waals surface area contributed by atoms with Gasteiger partial charge in [0.05, 0.1) is 0 Å². The van der Waals surface area contributed by atoms with Gasteiger partial charge in [0.25, 0.3) is 5.91 Å². The minimum Gasteiger partial charge on any atom is -0.350 e. The van der Waals surface area contributed by atoms with E-state index in [4.69, 9.17) is 23.2 Å². The molecule has 0 saturated carbocycles. The highest BCUT2D eigenvalue weighted by molar-refractivity contribution is 6.31. The minimum absolute atomic E-state index is 0.283. The molecule has 1 amide bonds. The number of hydrogen-bond donors (Lipinski definition) is 2. The van der Waals surface area contributed by atoms with Crippen LogP contribution in [0.25, 0.3) is 0 Å². The zero-order chi connectivity index (χ0) is 18.4. The fourth-order valence-corrected chi connectivity index (χ4v) is 2.59. The maximum Gasteiger partial charge on any atom is 0.270 e. The van der Waals surface area contributed by atoms with E-state index in [9.17, 15) is 4.79 Å². The van der Waals surface area contributed by atoms with Crippen molar-refractivity contribution in [1.29, 1.82) is 0 Å². The molecule has 2 aromatic carbocycles. The Morgan fingerprint density at radius 3 is 2.50 bits per heavy atom. The third kappa shape index (κ3) is 4.94. The van der Waals surface area contributed by atoms with Crippen molar-refractivity contribution < 1.29 is 4.79 Å². The Morgan fingerprint density at radius 2 is 1.73 bits per heavy atom. The second kappa shape index (κ2) is 8.65. The second-order valence-electron chi connectivity index (χ2n) is 5.52. The lowest BCUT2D eigenvalue weighted by atomic mass is 10.2. The van der Waals surface area contributed by atoms with Gasteiger partial charge in [0.15, 0.2) is 0 Å². The van der Waals surface area contributed by atoms with E-state index >= 15 is 0 Å². The lowest BCUT2D eigenvalue weighted by Crippen LogP contribution is -2.24. The topological polar surface area (TPSA) is 66.9 Å². The highest BCUT2D eigenvalue weighted by Gasteiger charge is 2.09. The van der Waals surface area contributed by atoms with Crippen LogP contribution in [-0.4, -0.2) is 15.9 Å². The molecule has 0 unspecified atom stereocenters. The summed E-state index contributed by atoms with van der Waals surface area (Å²) in [6.07, 6.45) is 1.54. The van der Waals surface area contributed by atoms with Gasteiger partial charge in [-0.3, -0.25) is 4.79 Å². The average Bonchev–Trinajstić information content (AvgIpc) is 2.67. The minimum atomic E-state index is -0.290. The molecular formula is C19H16Cl2N4O. The quantitative estimate of drug-likeness (QED) is 0.661. The molecule has 0 aliphatic heterocycles. The van der Waals surface area contributed by atoms with Crippen molar-refractivity contribution in [2.45, 2.75) is 13.1 Å². The SMILES string of the molecule is O=C(NCc1ccccc1Cl)c1ccnc(NCc2ccc(Cl)cc2)n1. The van der Waals surface area contributed by atoms with E-state index in [-0.39, 0.29) is 11.6 Å². The number of halogens is 2. The van der Waals surface area contributed by atoms with E-state index in [0.717, 1.165) is 11.1 Å². The second-order valence-corrected chi connectivity index (χ2v) is 6.36. The fraction of sp³-hybridized carbons (Fsp3) is 0.105. The van der Waals surface area contributed by atoms with Crippen LogP contribution in [0, 0.1) is 0 Å². The Balaban J connectivity index is 1.60. The van der Waals surface area contributed by atoms with Crippen LogP contribution >= 0.6 is 23.2 Å². The van der Waals surface area contributed by atoms with Crippen molar-refractivity contribution in [3.8, 4) is 0 Å². The van der Waals surface area contributed by atoms with Gasteiger partial charge in [0, 0.05) is 29.3 Å². The predicted octanol–water partition coefficient (Wildman–Crippen LogP) is 4.33. The maximum absolute atomic E-state index is 12.3. The highest BCUT2D eigenvalue weighted by Crippen LogP contribution is 2.14. The summed E-state index contributed by atoms with van der Waals surface area (Å²) in [5.74, 6) is 0.0900. The van der Waals surface area contributed by atoms with Crippen molar-refractivity contribution in [3.05, 3.63) is 87.7 Å². The van der Waals surface area contributed by atoms with Crippen molar-refractivity contribution in [2.75, 3.05) is 5.32 Å². The Kier molecular flexibility index (Phi) is 6.04. The lowest BCUT2D eigenvalue weighted by molar-refractivity contribution is 0.0946. The molecule has 26 heavy (non-hydrogen) atoms. The van der Waals surface area contributed by atoms with Crippen LogP contribution < -0.4 is 10.6 Å². The molecule has 0 atom stereocenters. The molecule has 3 aromatic rings. The normalized spacial score (nSPS) is 10.4. The molecule has 0 saturated heterocycles. The summed E-state index contributed by atoms with van der Waals surface area (Å²) in [6.45, 7) is 0.859. The summed E-state index contributed by atoms with van der Waals surface area (Å²) in [4.78, 5) is 20.7. The molecule has 0 aliphatic rings. The molecule has 0 aliphatic carbocycles. The zero-order valence-electron chi connectivity index (χ0n) is 13.7. The standard InChI is InChI=1S/C19H16Cl2N4O/c20-15-7-5-13(6-8-15)11-24-19-22-10-9-17(25-19)18(26)23-12-14-3-1-2-4-16(14)21/h1-10H,11-12H2,(H,23,26)(H,22,24,25). The van der Waals surface area contributed by atoms with Crippen LogP contribution in [0.1, 0.15) is 21.6 Å². The molecule has 2 N–H and O–H groups in total.